The molecule has 0 saturated heterocycles. The molecule has 2 aromatic carbocycles. The lowest BCUT2D eigenvalue weighted by Crippen LogP contribution is -2.09. The fraction of sp³-hybridized carbons (Fsp3) is 0.143. The molecule has 0 atom stereocenters. The number of nitrogens with one attached hydrogen (secondary N) is 1. The zero-order chi connectivity index (χ0) is 20.5. The van der Waals surface area contributed by atoms with Crippen molar-refractivity contribution in [2.45, 2.75) is 6.92 Å². The number of nitrogens with zero attached hydrogens (tertiary/aromatic N) is 3. The number of rotatable bonds is 9. The number of benzene rings is 2. The maximum atomic E-state index is 10.6. The van der Waals surface area contributed by atoms with Crippen LogP contribution in [0.2, 0.25) is 0 Å². The minimum Gasteiger partial charge on any atom is -0.490 e. The van der Waals surface area contributed by atoms with Gasteiger partial charge < -0.3 is 9.47 Å². The Morgan fingerprint density at radius 3 is 2.17 bits per heavy atom. The molecule has 8 heteroatoms. The first-order chi connectivity index (χ1) is 14.1. The molecular formula is C21H20N4O4. The predicted octanol–water partition coefficient (Wildman–Crippen LogP) is 4.28. The van der Waals surface area contributed by atoms with E-state index in [0.29, 0.717) is 30.5 Å². The van der Waals surface area contributed by atoms with Crippen LogP contribution >= 0.6 is 0 Å². The number of hydrazone groups is 1. The first-order valence-electron chi connectivity index (χ1n) is 8.93. The van der Waals surface area contributed by atoms with Gasteiger partial charge in [0.1, 0.15) is 30.5 Å². The average molecular weight is 392 g/mol. The molecule has 0 fully saturated rings. The highest BCUT2D eigenvalue weighted by Gasteiger charge is 2.04. The lowest BCUT2D eigenvalue weighted by Gasteiger charge is -2.09. The van der Waals surface area contributed by atoms with E-state index in [1.54, 1.807) is 18.3 Å². The number of nitro groups is 1. The molecule has 0 saturated carbocycles. The minimum atomic E-state index is -0.447. The lowest BCUT2D eigenvalue weighted by atomic mass is 10.1. The summed E-state index contributed by atoms with van der Waals surface area (Å²) in [5.41, 5.74) is 4.73. The molecule has 0 aliphatic rings. The molecular weight excluding hydrogens is 372 g/mol. The lowest BCUT2D eigenvalue weighted by molar-refractivity contribution is -0.384. The minimum absolute atomic E-state index is 0.0303. The van der Waals surface area contributed by atoms with Crippen LogP contribution in [0.3, 0.4) is 0 Å². The van der Waals surface area contributed by atoms with Gasteiger partial charge in [-0.2, -0.15) is 5.10 Å². The van der Waals surface area contributed by atoms with E-state index in [1.807, 2.05) is 49.4 Å². The number of aromatic nitrogens is 1. The van der Waals surface area contributed by atoms with Crippen LogP contribution in [-0.2, 0) is 0 Å². The number of anilines is 1. The largest absolute Gasteiger partial charge is 0.490 e. The highest BCUT2D eigenvalue weighted by molar-refractivity contribution is 5.99. The van der Waals surface area contributed by atoms with Crippen LogP contribution in [0.1, 0.15) is 12.5 Å². The number of hydrogen-bond acceptors (Lipinski definition) is 7. The molecule has 29 heavy (non-hydrogen) atoms. The zero-order valence-corrected chi connectivity index (χ0v) is 15.8. The van der Waals surface area contributed by atoms with Gasteiger partial charge in [-0.05, 0) is 61.0 Å². The number of ether oxygens (including phenoxy) is 2. The van der Waals surface area contributed by atoms with Crippen molar-refractivity contribution in [3.63, 3.8) is 0 Å². The standard InChI is InChI=1S/C21H20N4O4/c1-16(23-24-21-4-2-3-13-22-21)17-5-9-19(10-6-17)28-14-15-29-20-11-7-18(8-12-20)25(26)27/h2-13H,14-15H2,1H3,(H,22,24). The zero-order valence-electron chi connectivity index (χ0n) is 15.8. The summed E-state index contributed by atoms with van der Waals surface area (Å²) < 4.78 is 11.2. The monoisotopic (exact) mass is 392 g/mol. The predicted molar refractivity (Wildman–Crippen MR) is 111 cm³/mol. The third-order valence-electron chi connectivity index (χ3n) is 3.94. The SMILES string of the molecule is CC(=NNc1ccccn1)c1ccc(OCCOc2ccc([N+](=O)[O-])cc2)cc1. The maximum Gasteiger partial charge on any atom is 0.269 e. The summed E-state index contributed by atoms with van der Waals surface area (Å²) in [5, 5.41) is 14.9. The van der Waals surface area contributed by atoms with Gasteiger partial charge in [0.2, 0.25) is 0 Å². The maximum absolute atomic E-state index is 10.6. The van der Waals surface area contributed by atoms with Crippen LogP contribution in [-0.4, -0.2) is 28.8 Å². The molecule has 0 amide bonds. The van der Waals surface area contributed by atoms with Gasteiger partial charge in [-0.25, -0.2) is 4.98 Å². The van der Waals surface area contributed by atoms with E-state index >= 15 is 0 Å². The summed E-state index contributed by atoms with van der Waals surface area (Å²) in [6, 6.07) is 19.1. The number of nitro benzene ring substituents is 1. The molecule has 0 bridgehead atoms. The van der Waals surface area contributed by atoms with Gasteiger partial charge in [0.15, 0.2) is 0 Å². The molecule has 3 rings (SSSR count). The van der Waals surface area contributed by atoms with Crippen LogP contribution in [0.15, 0.2) is 78.0 Å². The Hall–Kier alpha value is -3.94. The van der Waals surface area contributed by atoms with Crippen molar-refractivity contribution in [2.24, 2.45) is 5.10 Å². The van der Waals surface area contributed by atoms with Gasteiger partial charge in [-0.15, -0.1) is 0 Å². The smallest absolute Gasteiger partial charge is 0.269 e. The molecule has 148 valence electrons. The molecule has 0 radical (unpaired) electrons. The third-order valence-corrected chi connectivity index (χ3v) is 3.94. The topological polar surface area (TPSA) is 98.9 Å². The van der Waals surface area contributed by atoms with Gasteiger partial charge in [-0.3, -0.25) is 15.5 Å². The van der Waals surface area contributed by atoms with Crippen LogP contribution < -0.4 is 14.9 Å². The van der Waals surface area contributed by atoms with Crippen LogP contribution in [0.5, 0.6) is 11.5 Å². The summed E-state index contributed by atoms with van der Waals surface area (Å²) in [6.07, 6.45) is 1.70. The molecule has 0 unspecified atom stereocenters. The van der Waals surface area contributed by atoms with E-state index in [1.165, 1.54) is 12.1 Å². The second kappa shape index (κ2) is 9.84. The third kappa shape index (κ3) is 6.03. The van der Waals surface area contributed by atoms with Crippen LogP contribution in [0.4, 0.5) is 11.5 Å². The van der Waals surface area contributed by atoms with Crippen LogP contribution in [0.25, 0.3) is 0 Å². The van der Waals surface area contributed by atoms with Crippen molar-refractivity contribution in [1.82, 2.24) is 4.98 Å². The van der Waals surface area contributed by atoms with E-state index < -0.39 is 4.92 Å². The Balaban J connectivity index is 1.44. The highest BCUT2D eigenvalue weighted by atomic mass is 16.6. The van der Waals surface area contributed by atoms with Gasteiger partial charge in [0, 0.05) is 18.3 Å². The van der Waals surface area contributed by atoms with Gasteiger partial charge >= 0.3 is 0 Å². The summed E-state index contributed by atoms with van der Waals surface area (Å²) >= 11 is 0. The Bertz CT molecular complexity index is 958. The van der Waals surface area contributed by atoms with Gasteiger partial charge in [0.25, 0.3) is 5.69 Å². The Kier molecular flexibility index (Phi) is 6.72. The Morgan fingerprint density at radius 1 is 1.00 bits per heavy atom. The van der Waals surface area contributed by atoms with Crippen LogP contribution in [0, 0.1) is 10.1 Å². The molecule has 8 nitrogen and oxygen atoms in total. The fourth-order valence-corrected chi connectivity index (χ4v) is 2.41. The van der Waals surface area contributed by atoms with E-state index in [2.05, 4.69) is 15.5 Å². The quantitative estimate of drug-likeness (QED) is 0.252. The van der Waals surface area contributed by atoms with Crippen molar-refractivity contribution in [3.8, 4) is 11.5 Å². The Labute approximate surface area is 168 Å². The summed E-state index contributed by atoms with van der Waals surface area (Å²) in [5.74, 6) is 1.95. The molecule has 0 spiro atoms. The van der Waals surface area contributed by atoms with Crippen molar-refractivity contribution in [2.75, 3.05) is 18.6 Å². The fourth-order valence-electron chi connectivity index (χ4n) is 2.41. The first-order valence-corrected chi connectivity index (χ1v) is 8.93. The van der Waals surface area contributed by atoms with Crippen molar-refractivity contribution < 1.29 is 14.4 Å². The summed E-state index contributed by atoms with van der Waals surface area (Å²) in [6.45, 7) is 2.59. The normalized spacial score (nSPS) is 11.0. The average Bonchev–Trinajstić information content (AvgIpc) is 2.76. The molecule has 1 N–H and O–H groups in total. The van der Waals surface area contributed by atoms with Crippen molar-refractivity contribution in [3.05, 3.63) is 88.6 Å². The molecule has 0 aliphatic heterocycles. The molecule has 3 aromatic rings. The number of pyridine rings is 1. The molecule has 1 aromatic heterocycles. The second-order valence-electron chi connectivity index (χ2n) is 6.00. The summed E-state index contributed by atoms with van der Waals surface area (Å²) in [4.78, 5) is 14.3. The first kappa shape index (κ1) is 19.8. The van der Waals surface area contributed by atoms with Gasteiger partial charge in [-0.1, -0.05) is 6.07 Å². The number of non-ortho nitro benzene ring substituents is 1. The van der Waals surface area contributed by atoms with Gasteiger partial charge in [0.05, 0.1) is 10.6 Å². The second-order valence-corrected chi connectivity index (χ2v) is 6.00. The number of hydrogen-bond donors (Lipinski definition) is 1. The highest BCUT2D eigenvalue weighted by Crippen LogP contribution is 2.17. The van der Waals surface area contributed by atoms with E-state index in [-0.39, 0.29) is 5.69 Å². The Morgan fingerprint density at radius 2 is 1.62 bits per heavy atom. The molecule has 1 heterocycles. The molecule has 0 aliphatic carbocycles. The van der Waals surface area contributed by atoms with E-state index in [9.17, 15) is 10.1 Å². The summed E-state index contributed by atoms with van der Waals surface area (Å²) in [7, 11) is 0. The van der Waals surface area contributed by atoms with E-state index in [0.717, 1.165) is 11.3 Å². The van der Waals surface area contributed by atoms with Crippen molar-refractivity contribution >= 4 is 17.2 Å². The van der Waals surface area contributed by atoms with E-state index in [4.69, 9.17) is 9.47 Å². The van der Waals surface area contributed by atoms with Crippen molar-refractivity contribution in [1.29, 1.82) is 0 Å².